The highest BCUT2D eigenvalue weighted by Crippen LogP contribution is 2.28. The molecule has 0 aliphatic heterocycles. The monoisotopic (exact) mass is 271 g/mol. The molecule has 0 atom stereocenters. The Morgan fingerprint density at radius 2 is 2.05 bits per heavy atom. The van der Waals surface area contributed by atoms with Gasteiger partial charge in [-0.25, -0.2) is 14.2 Å². The minimum Gasteiger partial charge on any atom is -0.481 e. The van der Waals surface area contributed by atoms with Gasteiger partial charge in [0.25, 0.3) is 0 Å². The minimum absolute atomic E-state index is 0.338. The van der Waals surface area contributed by atoms with Crippen molar-refractivity contribution >= 4 is 11.0 Å². The summed E-state index contributed by atoms with van der Waals surface area (Å²) in [7, 11) is 1.52. The maximum atomic E-state index is 13.4. The van der Waals surface area contributed by atoms with Crippen LogP contribution >= 0.6 is 0 Å². The molecule has 0 unspecified atom stereocenters. The molecule has 0 saturated heterocycles. The molecule has 1 aromatic carbocycles. The van der Waals surface area contributed by atoms with Crippen LogP contribution in [0.2, 0.25) is 0 Å². The van der Waals surface area contributed by atoms with Crippen LogP contribution in [0.1, 0.15) is 0 Å². The fraction of sp³-hybridized carbons (Fsp3) is 0.0667. The van der Waals surface area contributed by atoms with Gasteiger partial charge in [-0.2, -0.15) is 0 Å². The van der Waals surface area contributed by atoms with Crippen molar-refractivity contribution in [2.45, 2.75) is 0 Å². The first-order chi connectivity index (χ1) is 9.67. The fourth-order valence-electron chi connectivity index (χ4n) is 2.03. The van der Waals surface area contributed by atoms with E-state index in [2.05, 4.69) is 4.98 Å². The van der Waals surface area contributed by atoms with Crippen LogP contribution in [0.4, 0.5) is 4.39 Å². The number of benzene rings is 1. The van der Waals surface area contributed by atoms with Gasteiger partial charge in [0, 0.05) is 34.8 Å². The summed E-state index contributed by atoms with van der Waals surface area (Å²) in [5.41, 5.74) is 1.11. The minimum atomic E-state index is -0.491. The predicted molar refractivity (Wildman–Crippen MR) is 72.2 cm³/mol. The first kappa shape index (κ1) is 12.3. The Hall–Kier alpha value is -2.69. The molecule has 2 heterocycles. The summed E-state index contributed by atoms with van der Waals surface area (Å²) in [6.07, 6.45) is 1.57. The first-order valence-electron chi connectivity index (χ1n) is 5.91. The van der Waals surface area contributed by atoms with E-state index >= 15 is 0 Å². The summed E-state index contributed by atoms with van der Waals surface area (Å²) in [6.45, 7) is 0. The fourth-order valence-corrected chi connectivity index (χ4v) is 2.03. The van der Waals surface area contributed by atoms with Crippen molar-refractivity contribution in [1.82, 2.24) is 4.98 Å². The Morgan fingerprint density at radius 1 is 1.20 bits per heavy atom. The molecule has 0 saturated carbocycles. The number of halogens is 1. The predicted octanol–water partition coefficient (Wildman–Crippen LogP) is 3.00. The van der Waals surface area contributed by atoms with Crippen molar-refractivity contribution in [2.75, 3.05) is 7.11 Å². The van der Waals surface area contributed by atoms with Crippen molar-refractivity contribution in [3.63, 3.8) is 0 Å². The van der Waals surface area contributed by atoms with E-state index in [1.54, 1.807) is 18.3 Å². The van der Waals surface area contributed by atoms with E-state index in [4.69, 9.17) is 9.15 Å². The average Bonchev–Trinajstić information content (AvgIpc) is 2.47. The number of nitrogens with zero attached hydrogens (tertiary/aromatic N) is 1. The van der Waals surface area contributed by atoms with Gasteiger partial charge < -0.3 is 9.15 Å². The Labute approximate surface area is 113 Å². The second kappa shape index (κ2) is 4.77. The summed E-state index contributed by atoms with van der Waals surface area (Å²) < 4.78 is 23.4. The van der Waals surface area contributed by atoms with Gasteiger partial charge >= 0.3 is 5.63 Å². The molecule has 0 aliphatic carbocycles. The molecule has 5 heteroatoms. The summed E-state index contributed by atoms with van der Waals surface area (Å²) in [6, 6.07) is 8.77. The summed E-state index contributed by atoms with van der Waals surface area (Å²) >= 11 is 0. The number of ether oxygens (including phenoxy) is 1. The summed E-state index contributed by atoms with van der Waals surface area (Å²) in [5, 5.41) is 0.525. The molecule has 20 heavy (non-hydrogen) atoms. The van der Waals surface area contributed by atoms with Crippen LogP contribution in [0.3, 0.4) is 0 Å². The lowest BCUT2D eigenvalue weighted by Crippen LogP contribution is -1.98. The van der Waals surface area contributed by atoms with Crippen LogP contribution < -0.4 is 10.4 Å². The van der Waals surface area contributed by atoms with E-state index in [0.29, 0.717) is 28.0 Å². The zero-order valence-corrected chi connectivity index (χ0v) is 10.6. The molecule has 3 aromatic rings. The van der Waals surface area contributed by atoms with Gasteiger partial charge in [-0.05, 0) is 24.3 Å². The van der Waals surface area contributed by atoms with Crippen molar-refractivity contribution < 1.29 is 13.5 Å². The van der Waals surface area contributed by atoms with Crippen molar-refractivity contribution in [1.29, 1.82) is 0 Å². The van der Waals surface area contributed by atoms with Crippen molar-refractivity contribution in [3.05, 3.63) is 58.8 Å². The first-order valence-corrected chi connectivity index (χ1v) is 5.91. The van der Waals surface area contributed by atoms with E-state index in [1.807, 2.05) is 0 Å². The van der Waals surface area contributed by atoms with Crippen LogP contribution in [0.5, 0.6) is 5.88 Å². The number of rotatable bonds is 2. The number of hydrogen-bond donors (Lipinski definition) is 0. The van der Waals surface area contributed by atoms with Gasteiger partial charge in [-0.1, -0.05) is 0 Å². The number of pyridine rings is 1. The summed E-state index contributed by atoms with van der Waals surface area (Å²) in [4.78, 5) is 15.7. The molecular formula is C15H10FNO3. The molecule has 2 aromatic heterocycles. The third kappa shape index (κ3) is 2.14. The number of fused-ring (bicyclic) bond motifs is 1. The van der Waals surface area contributed by atoms with E-state index in [1.165, 1.54) is 31.4 Å². The van der Waals surface area contributed by atoms with Crippen LogP contribution in [0, 0.1) is 5.82 Å². The van der Waals surface area contributed by atoms with Crippen molar-refractivity contribution in [3.8, 4) is 17.0 Å². The van der Waals surface area contributed by atoms with Crippen LogP contribution in [-0.2, 0) is 0 Å². The molecule has 0 aliphatic rings. The highest BCUT2D eigenvalue weighted by atomic mass is 19.1. The largest absolute Gasteiger partial charge is 0.481 e. The molecule has 0 radical (unpaired) electrons. The van der Waals surface area contributed by atoms with Gasteiger partial charge in [0.15, 0.2) is 0 Å². The molecule has 0 N–H and O–H groups in total. The zero-order chi connectivity index (χ0) is 14.1. The average molecular weight is 271 g/mol. The number of aromatic nitrogens is 1. The maximum Gasteiger partial charge on any atom is 0.336 e. The third-order valence-corrected chi connectivity index (χ3v) is 2.96. The van der Waals surface area contributed by atoms with Crippen LogP contribution in [0.25, 0.3) is 22.1 Å². The molecular weight excluding hydrogens is 261 g/mol. The van der Waals surface area contributed by atoms with E-state index < -0.39 is 11.4 Å². The van der Waals surface area contributed by atoms with Crippen LogP contribution in [-0.4, -0.2) is 12.1 Å². The molecule has 0 bridgehead atoms. The van der Waals surface area contributed by atoms with Gasteiger partial charge in [-0.15, -0.1) is 0 Å². The normalized spacial score (nSPS) is 10.7. The highest BCUT2D eigenvalue weighted by Gasteiger charge is 2.09. The quantitative estimate of drug-likeness (QED) is 0.672. The van der Waals surface area contributed by atoms with E-state index in [-0.39, 0.29) is 0 Å². The molecule has 100 valence electrons. The van der Waals surface area contributed by atoms with Gasteiger partial charge in [0.05, 0.1) is 7.11 Å². The zero-order valence-electron chi connectivity index (χ0n) is 10.6. The standard InChI is InChI=1S/C15H10FNO3/c1-19-14-5-2-9(8-17-14)11-7-15(18)20-13-4-3-10(16)6-12(11)13/h2-8H,1H3. The second-order valence-corrected chi connectivity index (χ2v) is 4.21. The molecule has 0 spiro atoms. The van der Waals surface area contributed by atoms with Crippen molar-refractivity contribution in [2.24, 2.45) is 0 Å². The highest BCUT2D eigenvalue weighted by molar-refractivity contribution is 5.92. The molecule has 4 nitrogen and oxygen atoms in total. The number of methoxy groups -OCH3 is 1. The maximum absolute atomic E-state index is 13.4. The Morgan fingerprint density at radius 3 is 2.75 bits per heavy atom. The van der Waals surface area contributed by atoms with E-state index in [0.717, 1.165) is 0 Å². The molecule has 0 fully saturated rings. The summed E-state index contributed by atoms with van der Waals surface area (Å²) in [5.74, 6) is 0.0706. The molecule has 3 rings (SSSR count). The lowest BCUT2D eigenvalue weighted by Gasteiger charge is -2.06. The number of hydrogen-bond acceptors (Lipinski definition) is 4. The van der Waals surface area contributed by atoms with Crippen LogP contribution in [0.15, 0.2) is 51.8 Å². The Bertz CT molecular complexity index is 825. The van der Waals surface area contributed by atoms with E-state index in [9.17, 15) is 9.18 Å². The smallest absolute Gasteiger partial charge is 0.336 e. The molecule has 0 amide bonds. The third-order valence-electron chi connectivity index (χ3n) is 2.96. The Kier molecular flexibility index (Phi) is 2.95. The van der Waals surface area contributed by atoms with Gasteiger partial charge in [0.1, 0.15) is 11.4 Å². The van der Waals surface area contributed by atoms with Gasteiger partial charge in [-0.3, -0.25) is 0 Å². The SMILES string of the molecule is COc1ccc(-c2cc(=O)oc3ccc(F)cc23)cn1. The lowest BCUT2D eigenvalue weighted by atomic mass is 10.0. The second-order valence-electron chi connectivity index (χ2n) is 4.21. The Balaban J connectivity index is 2.28. The van der Waals surface area contributed by atoms with Gasteiger partial charge in [0.2, 0.25) is 5.88 Å². The lowest BCUT2D eigenvalue weighted by molar-refractivity contribution is 0.398. The topological polar surface area (TPSA) is 52.3 Å².